The highest BCUT2D eigenvalue weighted by Crippen LogP contribution is 2.38. The highest BCUT2D eigenvalue weighted by Gasteiger charge is 2.30. The summed E-state index contributed by atoms with van der Waals surface area (Å²) in [5, 5.41) is 3.56. The van der Waals surface area contributed by atoms with Gasteiger partial charge in [-0.05, 0) is 42.2 Å². The predicted molar refractivity (Wildman–Crippen MR) is 102 cm³/mol. The van der Waals surface area contributed by atoms with Crippen LogP contribution in [-0.2, 0) is 13.0 Å². The van der Waals surface area contributed by atoms with Gasteiger partial charge in [0.25, 0.3) is 0 Å². The van der Waals surface area contributed by atoms with Crippen LogP contribution in [0.25, 0.3) is 0 Å². The van der Waals surface area contributed by atoms with Crippen molar-refractivity contribution in [2.24, 2.45) is 0 Å². The standard InChI is InChI=1S/C22H21NO4/c1-26-19-11-14(12-23-16-8-7-13-5-3-4-6-15(13)16)22(27-2)21-18(25)10-9-17(24)20(19)21/h3-6,9-11,16,23H,7-8,12H2,1-2H3. The lowest BCUT2D eigenvalue weighted by molar-refractivity contribution is 0.0988. The molecule has 1 unspecified atom stereocenters. The summed E-state index contributed by atoms with van der Waals surface area (Å²) in [6.45, 7) is 0.511. The lowest BCUT2D eigenvalue weighted by Crippen LogP contribution is -2.21. The van der Waals surface area contributed by atoms with Gasteiger partial charge in [-0.3, -0.25) is 9.59 Å². The van der Waals surface area contributed by atoms with Crippen molar-refractivity contribution in [3.63, 3.8) is 0 Å². The molecule has 5 heteroatoms. The van der Waals surface area contributed by atoms with Gasteiger partial charge in [0.05, 0.1) is 25.3 Å². The number of fused-ring (bicyclic) bond motifs is 2. The summed E-state index contributed by atoms with van der Waals surface area (Å²) in [5.74, 6) is 0.348. The Morgan fingerprint density at radius 2 is 1.78 bits per heavy atom. The summed E-state index contributed by atoms with van der Waals surface area (Å²) < 4.78 is 11.0. The van der Waals surface area contributed by atoms with E-state index in [-0.39, 0.29) is 28.7 Å². The number of hydrogen-bond acceptors (Lipinski definition) is 5. The molecule has 0 amide bonds. The fraction of sp³-hybridized carbons (Fsp3) is 0.273. The van der Waals surface area contributed by atoms with E-state index < -0.39 is 0 Å². The van der Waals surface area contributed by atoms with E-state index in [2.05, 4.69) is 29.6 Å². The van der Waals surface area contributed by atoms with Gasteiger partial charge in [0.2, 0.25) is 0 Å². The average Bonchev–Trinajstić information content (AvgIpc) is 3.11. The Hall–Kier alpha value is -2.92. The average molecular weight is 363 g/mol. The van der Waals surface area contributed by atoms with Crippen molar-refractivity contribution in [1.82, 2.24) is 5.32 Å². The molecule has 0 spiro atoms. The number of methoxy groups -OCH3 is 2. The van der Waals surface area contributed by atoms with Gasteiger partial charge >= 0.3 is 0 Å². The van der Waals surface area contributed by atoms with Crippen molar-refractivity contribution in [1.29, 1.82) is 0 Å². The normalized spacial score (nSPS) is 17.6. The molecule has 0 aliphatic heterocycles. The van der Waals surface area contributed by atoms with Gasteiger partial charge in [-0.2, -0.15) is 0 Å². The molecule has 4 rings (SSSR count). The van der Waals surface area contributed by atoms with Gasteiger partial charge in [0.15, 0.2) is 11.6 Å². The molecular weight excluding hydrogens is 342 g/mol. The first-order valence-electron chi connectivity index (χ1n) is 8.99. The van der Waals surface area contributed by atoms with E-state index in [1.165, 1.54) is 37.5 Å². The Bertz CT molecular complexity index is 961. The lowest BCUT2D eigenvalue weighted by atomic mass is 9.90. The van der Waals surface area contributed by atoms with Crippen LogP contribution in [-0.4, -0.2) is 25.8 Å². The van der Waals surface area contributed by atoms with E-state index >= 15 is 0 Å². The second kappa shape index (κ2) is 7.00. The molecule has 0 saturated heterocycles. The van der Waals surface area contributed by atoms with Crippen LogP contribution >= 0.6 is 0 Å². The van der Waals surface area contributed by atoms with Crippen molar-refractivity contribution < 1.29 is 19.1 Å². The Morgan fingerprint density at radius 1 is 1.04 bits per heavy atom. The number of ether oxygens (including phenoxy) is 2. The van der Waals surface area contributed by atoms with Gasteiger partial charge in [0.1, 0.15) is 11.5 Å². The first-order valence-corrected chi connectivity index (χ1v) is 8.99. The van der Waals surface area contributed by atoms with Crippen LogP contribution in [0.1, 0.15) is 49.9 Å². The fourth-order valence-electron chi connectivity index (χ4n) is 4.02. The molecule has 1 N–H and O–H groups in total. The SMILES string of the molecule is COc1cc(CNC2CCc3ccccc32)c(OC)c2c1C(=O)C=CC2=O. The number of aryl methyl sites for hydroxylation is 1. The van der Waals surface area contributed by atoms with Crippen LogP contribution in [0, 0.1) is 0 Å². The predicted octanol–water partition coefficient (Wildman–Crippen LogP) is 3.42. The first-order chi connectivity index (χ1) is 13.1. The van der Waals surface area contributed by atoms with E-state index in [1.807, 2.05) is 0 Å². The Kier molecular flexibility index (Phi) is 4.54. The molecule has 2 aliphatic rings. The number of hydrogen-bond donors (Lipinski definition) is 1. The highest BCUT2D eigenvalue weighted by molar-refractivity contribution is 6.24. The number of carbonyl (C=O) groups is 2. The fourth-order valence-corrected chi connectivity index (χ4v) is 4.02. The van der Waals surface area contributed by atoms with Gasteiger partial charge in [-0.25, -0.2) is 0 Å². The van der Waals surface area contributed by atoms with E-state index in [4.69, 9.17) is 9.47 Å². The highest BCUT2D eigenvalue weighted by atomic mass is 16.5. The summed E-state index contributed by atoms with van der Waals surface area (Å²) in [6, 6.07) is 10.5. The van der Waals surface area contributed by atoms with Gasteiger partial charge in [-0.15, -0.1) is 0 Å². The van der Waals surface area contributed by atoms with E-state index in [1.54, 1.807) is 6.07 Å². The Labute approximate surface area is 158 Å². The zero-order chi connectivity index (χ0) is 19.0. The van der Waals surface area contributed by atoms with E-state index in [0.29, 0.717) is 18.0 Å². The molecule has 1 atom stereocenters. The van der Waals surface area contributed by atoms with Crippen LogP contribution < -0.4 is 14.8 Å². The van der Waals surface area contributed by atoms with Crippen molar-refractivity contribution in [3.8, 4) is 11.5 Å². The minimum Gasteiger partial charge on any atom is -0.496 e. The van der Waals surface area contributed by atoms with Crippen LogP contribution in [0.15, 0.2) is 42.5 Å². The van der Waals surface area contributed by atoms with E-state index in [0.717, 1.165) is 18.4 Å². The summed E-state index contributed by atoms with van der Waals surface area (Å²) in [4.78, 5) is 24.8. The third-order valence-corrected chi connectivity index (χ3v) is 5.30. The number of ketones is 2. The van der Waals surface area contributed by atoms with Crippen LogP contribution in [0.4, 0.5) is 0 Å². The lowest BCUT2D eigenvalue weighted by Gasteiger charge is -2.21. The van der Waals surface area contributed by atoms with Crippen LogP contribution in [0.5, 0.6) is 11.5 Å². The monoisotopic (exact) mass is 363 g/mol. The summed E-state index contributed by atoms with van der Waals surface area (Å²) in [5.41, 5.74) is 4.05. The van der Waals surface area contributed by atoms with E-state index in [9.17, 15) is 9.59 Å². The zero-order valence-corrected chi connectivity index (χ0v) is 15.4. The maximum atomic E-state index is 12.5. The molecule has 0 bridgehead atoms. The molecule has 138 valence electrons. The van der Waals surface area contributed by atoms with Crippen molar-refractivity contribution in [2.45, 2.75) is 25.4 Å². The third-order valence-electron chi connectivity index (χ3n) is 5.30. The summed E-state index contributed by atoms with van der Waals surface area (Å²) >= 11 is 0. The number of nitrogens with one attached hydrogen (secondary N) is 1. The largest absolute Gasteiger partial charge is 0.496 e. The third kappa shape index (κ3) is 2.94. The van der Waals surface area contributed by atoms with Gasteiger partial charge in [-0.1, -0.05) is 24.3 Å². The molecule has 0 fully saturated rings. The topological polar surface area (TPSA) is 64.6 Å². The number of carbonyl (C=O) groups excluding carboxylic acids is 2. The second-order valence-corrected chi connectivity index (χ2v) is 6.75. The first kappa shape index (κ1) is 17.5. The maximum Gasteiger partial charge on any atom is 0.190 e. The van der Waals surface area contributed by atoms with Crippen molar-refractivity contribution in [3.05, 3.63) is 70.3 Å². The molecule has 5 nitrogen and oxygen atoms in total. The molecule has 2 aliphatic carbocycles. The molecule has 27 heavy (non-hydrogen) atoms. The summed E-state index contributed by atoms with van der Waals surface area (Å²) in [7, 11) is 3.02. The minimum atomic E-state index is -0.246. The van der Waals surface area contributed by atoms with Gasteiger partial charge in [0, 0.05) is 18.2 Å². The maximum absolute atomic E-state index is 12.5. The Balaban J connectivity index is 1.69. The van der Waals surface area contributed by atoms with Crippen molar-refractivity contribution >= 4 is 11.6 Å². The molecule has 0 aromatic heterocycles. The Morgan fingerprint density at radius 3 is 2.52 bits per heavy atom. The molecule has 2 aromatic carbocycles. The molecular formula is C22H21NO4. The number of rotatable bonds is 5. The van der Waals surface area contributed by atoms with Crippen LogP contribution in [0.2, 0.25) is 0 Å². The number of allylic oxidation sites excluding steroid dienone is 2. The number of benzene rings is 2. The smallest absolute Gasteiger partial charge is 0.190 e. The molecule has 0 radical (unpaired) electrons. The van der Waals surface area contributed by atoms with Crippen molar-refractivity contribution in [2.75, 3.05) is 14.2 Å². The quantitative estimate of drug-likeness (QED) is 0.882. The molecule has 0 saturated carbocycles. The minimum absolute atomic E-state index is 0.243. The van der Waals surface area contributed by atoms with Crippen LogP contribution in [0.3, 0.4) is 0 Å². The zero-order valence-electron chi connectivity index (χ0n) is 15.4. The van der Waals surface area contributed by atoms with Gasteiger partial charge < -0.3 is 14.8 Å². The summed E-state index contributed by atoms with van der Waals surface area (Å²) in [6.07, 6.45) is 4.65. The molecule has 2 aromatic rings. The second-order valence-electron chi connectivity index (χ2n) is 6.75. The molecule has 0 heterocycles.